The van der Waals surface area contributed by atoms with Gasteiger partial charge in [-0.2, -0.15) is 13.2 Å². The van der Waals surface area contributed by atoms with Crippen LogP contribution in [0.1, 0.15) is 40.6 Å². The van der Waals surface area contributed by atoms with E-state index in [-0.39, 0.29) is 28.8 Å². The van der Waals surface area contributed by atoms with Crippen LogP contribution in [0.15, 0.2) is 35.5 Å². The minimum Gasteiger partial charge on any atom is -0.339 e. The molecule has 4 rings (SSSR count). The summed E-state index contributed by atoms with van der Waals surface area (Å²) < 4.78 is 55.7. The predicted molar refractivity (Wildman–Crippen MR) is 109 cm³/mol. The SMILES string of the molecule is Cc1cc(C(=O)CSc2nnc(-c3ccccc3F)n2C2CC2)c(C)n1CC(F)(F)F. The van der Waals surface area contributed by atoms with E-state index in [0.717, 1.165) is 29.2 Å². The Morgan fingerprint density at radius 1 is 1.19 bits per heavy atom. The largest absolute Gasteiger partial charge is 0.406 e. The Kier molecular flexibility index (Phi) is 5.67. The second kappa shape index (κ2) is 8.14. The second-order valence-electron chi connectivity index (χ2n) is 7.59. The molecule has 1 fully saturated rings. The van der Waals surface area contributed by atoms with Crippen LogP contribution < -0.4 is 0 Å². The van der Waals surface area contributed by atoms with Gasteiger partial charge in [0.1, 0.15) is 12.4 Å². The lowest BCUT2D eigenvalue weighted by atomic mass is 10.2. The smallest absolute Gasteiger partial charge is 0.339 e. The third-order valence-electron chi connectivity index (χ3n) is 5.24. The molecule has 1 saturated carbocycles. The molecule has 2 heterocycles. The monoisotopic (exact) mass is 452 g/mol. The highest BCUT2D eigenvalue weighted by Gasteiger charge is 2.32. The molecule has 1 aromatic carbocycles. The molecule has 0 amide bonds. The zero-order valence-electron chi connectivity index (χ0n) is 16.9. The van der Waals surface area contributed by atoms with Crippen molar-refractivity contribution in [1.29, 1.82) is 0 Å². The molecule has 164 valence electrons. The summed E-state index contributed by atoms with van der Waals surface area (Å²) in [6.07, 6.45) is -2.54. The van der Waals surface area contributed by atoms with Crippen LogP contribution in [0.2, 0.25) is 0 Å². The van der Waals surface area contributed by atoms with E-state index in [9.17, 15) is 22.4 Å². The molecule has 0 spiro atoms. The summed E-state index contributed by atoms with van der Waals surface area (Å²) in [5.41, 5.74) is 1.28. The molecule has 1 aliphatic carbocycles. The molecule has 0 radical (unpaired) electrons. The van der Waals surface area contributed by atoms with Crippen LogP contribution in [0.25, 0.3) is 11.4 Å². The highest BCUT2D eigenvalue weighted by atomic mass is 32.2. The highest BCUT2D eigenvalue weighted by molar-refractivity contribution is 7.99. The molecular formula is C21H20F4N4OS. The maximum atomic E-state index is 14.3. The quantitative estimate of drug-likeness (QED) is 0.275. The number of thioether (sulfide) groups is 1. The van der Waals surface area contributed by atoms with Gasteiger partial charge in [0.25, 0.3) is 0 Å². The molecule has 0 saturated heterocycles. The molecule has 0 aliphatic heterocycles. The van der Waals surface area contributed by atoms with E-state index < -0.39 is 18.5 Å². The van der Waals surface area contributed by atoms with Gasteiger partial charge in [-0.1, -0.05) is 23.9 Å². The summed E-state index contributed by atoms with van der Waals surface area (Å²) in [7, 11) is 0. The van der Waals surface area contributed by atoms with Crippen molar-refractivity contribution >= 4 is 17.5 Å². The van der Waals surface area contributed by atoms with Crippen LogP contribution in [-0.4, -0.2) is 37.0 Å². The maximum absolute atomic E-state index is 14.3. The van der Waals surface area contributed by atoms with Crippen molar-refractivity contribution in [3.8, 4) is 11.4 Å². The number of carbonyl (C=O) groups is 1. The van der Waals surface area contributed by atoms with Crippen molar-refractivity contribution in [2.24, 2.45) is 0 Å². The molecule has 31 heavy (non-hydrogen) atoms. The first kappa shape index (κ1) is 21.6. The normalized spacial score (nSPS) is 14.3. The van der Waals surface area contributed by atoms with Gasteiger partial charge in [-0.15, -0.1) is 10.2 Å². The van der Waals surface area contributed by atoms with Crippen molar-refractivity contribution in [2.45, 2.75) is 50.6 Å². The first-order valence-corrected chi connectivity index (χ1v) is 10.7. The molecule has 0 atom stereocenters. The molecular weight excluding hydrogens is 432 g/mol. The summed E-state index contributed by atoms with van der Waals surface area (Å²) in [6, 6.07) is 7.94. The van der Waals surface area contributed by atoms with Crippen molar-refractivity contribution in [3.63, 3.8) is 0 Å². The minimum atomic E-state index is -4.37. The summed E-state index contributed by atoms with van der Waals surface area (Å²) >= 11 is 1.16. The van der Waals surface area contributed by atoms with Crippen LogP contribution in [0.5, 0.6) is 0 Å². The number of benzene rings is 1. The molecule has 1 aliphatic rings. The van der Waals surface area contributed by atoms with Crippen molar-refractivity contribution in [3.05, 3.63) is 53.1 Å². The van der Waals surface area contributed by atoms with Crippen LogP contribution in [0, 0.1) is 19.7 Å². The number of aryl methyl sites for hydroxylation is 1. The van der Waals surface area contributed by atoms with Crippen molar-refractivity contribution in [2.75, 3.05) is 5.75 Å². The lowest BCUT2D eigenvalue weighted by molar-refractivity contribution is -0.141. The van der Waals surface area contributed by atoms with Gasteiger partial charge in [-0.05, 0) is 44.9 Å². The minimum absolute atomic E-state index is 0.00155. The topological polar surface area (TPSA) is 52.7 Å². The van der Waals surface area contributed by atoms with Crippen molar-refractivity contribution < 1.29 is 22.4 Å². The molecule has 0 bridgehead atoms. The van der Waals surface area contributed by atoms with Crippen molar-refractivity contribution in [1.82, 2.24) is 19.3 Å². The predicted octanol–water partition coefficient (Wildman–Crippen LogP) is 5.37. The van der Waals surface area contributed by atoms with Crippen LogP contribution in [0.4, 0.5) is 17.6 Å². The number of rotatable bonds is 7. The summed E-state index contributed by atoms with van der Waals surface area (Å²) in [5.74, 6) is -0.275. The Morgan fingerprint density at radius 2 is 1.90 bits per heavy atom. The van der Waals surface area contributed by atoms with E-state index in [2.05, 4.69) is 10.2 Å². The van der Waals surface area contributed by atoms with Gasteiger partial charge >= 0.3 is 6.18 Å². The standard InChI is InChI=1S/C21H20F4N4OS/c1-12-9-16(13(2)28(12)11-21(23,24)25)18(30)10-31-20-27-26-19(29(20)14-7-8-14)15-5-3-4-6-17(15)22/h3-6,9,14H,7-8,10-11H2,1-2H3. The number of carbonyl (C=O) groups excluding carboxylic acids is 1. The average molecular weight is 452 g/mol. The van der Waals surface area contributed by atoms with Crippen LogP contribution >= 0.6 is 11.8 Å². The first-order valence-electron chi connectivity index (χ1n) is 9.75. The van der Waals surface area contributed by atoms with E-state index in [1.165, 1.54) is 19.1 Å². The average Bonchev–Trinajstić information content (AvgIpc) is 3.40. The fraction of sp³-hybridized carbons (Fsp3) is 0.381. The number of aromatic nitrogens is 4. The molecule has 5 nitrogen and oxygen atoms in total. The van der Waals surface area contributed by atoms with Gasteiger partial charge in [0.2, 0.25) is 0 Å². The van der Waals surface area contributed by atoms with Gasteiger partial charge in [0.15, 0.2) is 16.8 Å². The Balaban J connectivity index is 1.55. The molecule has 0 unspecified atom stereocenters. The molecule has 10 heteroatoms. The van der Waals surface area contributed by atoms with Crippen LogP contribution in [0.3, 0.4) is 0 Å². The highest BCUT2D eigenvalue weighted by Crippen LogP contribution is 2.41. The number of nitrogens with zero attached hydrogens (tertiary/aromatic N) is 4. The maximum Gasteiger partial charge on any atom is 0.406 e. The lowest BCUT2D eigenvalue weighted by Crippen LogP contribution is -2.19. The third kappa shape index (κ3) is 4.53. The van der Waals surface area contributed by atoms with E-state index >= 15 is 0 Å². The van der Waals surface area contributed by atoms with Gasteiger partial charge in [-0.3, -0.25) is 9.36 Å². The number of hydrogen-bond donors (Lipinski definition) is 0. The lowest BCUT2D eigenvalue weighted by Gasteiger charge is -2.12. The third-order valence-corrected chi connectivity index (χ3v) is 6.18. The van der Waals surface area contributed by atoms with E-state index in [0.29, 0.717) is 22.2 Å². The summed E-state index contributed by atoms with van der Waals surface area (Å²) in [4.78, 5) is 12.8. The van der Waals surface area contributed by atoms with Crippen LogP contribution in [-0.2, 0) is 6.54 Å². The second-order valence-corrected chi connectivity index (χ2v) is 8.53. The van der Waals surface area contributed by atoms with E-state index in [4.69, 9.17) is 0 Å². The number of halogens is 4. The van der Waals surface area contributed by atoms with Gasteiger partial charge < -0.3 is 4.57 Å². The zero-order valence-corrected chi connectivity index (χ0v) is 17.7. The fourth-order valence-electron chi connectivity index (χ4n) is 3.58. The van der Waals surface area contributed by atoms with E-state index in [1.54, 1.807) is 25.1 Å². The summed E-state index contributed by atoms with van der Waals surface area (Å²) in [5, 5.41) is 8.80. The number of Topliss-reactive ketones (excluding diaryl/α,β-unsaturated/α-hetero) is 1. The number of hydrogen-bond acceptors (Lipinski definition) is 4. The van der Waals surface area contributed by atoms with E-state index in [1.807, 2.05) is 4.57 Å². The Labute approximate surface area is 180 Å². The zero-order chi connectivity index (χ0) is 22.3. The van der Waals surface area contributed by atoms with Gasteiger partial charge in [0, 0.05) is 23.0 Å². The molecule has 3 aromatic rings. The Bertz CT molecular complexity index is 1130. The van der Waals surface area contributed by atoms with Gasteiger partial charge in [0.05, 0.1) is 11.3 Å². The number of alkyl halides is 3. The molecule has 0 N–H and O–H groups in total. The number of ketones is 1. The Morgan fingerprint density at radius 3 is 2.55 bits per heavy atom. The Hall–Kier alpha value is -2.62. The first-order chi connectivity index (χ1) is 14.7. The summed E-state index contributed by atoms with van der Waals surface area (Å²) in [6.45, 7) is 1.93. The molecule has 2 aromatic heterocycles. The van der Waals surface area contributed by atoms with Gasteiger partial charge in [-0.25, -0.2) is 4.39 Å². The fourth-order valence-corrected chi connectivity index (χ4v) is 4.47.